The van der Waals surface area contributed by atoms with E-state index in [9.17, 15) is 13.2 Å². The molecule has 27 heavy (non-hydrogen) atoms. The molecule has 3 aromatic rings. The minimum absolute atomic E-state index is 0.186. The Kier molecular flexibility index (Phi) is 5.41. The Labute approximate surface area is 158 Å². The van der Waals surface area contributed by atoms with Crippen molar-refractivity contribution in [2.45, 2.75) is 19.6 Å². The number of aromatic nitrogens is 2. The van der Waals surface area contributed by atoms with Crippen molar-refractivity contribution in [1.29, 1.82) is 0 Å². The molecule has 2 aromatic carbocycles. The molecule has 0 aliphatic rings. The Morgan fingerprint density at radius 2 is 1.81 bits per heavy atom. The van der Waals surface area contributed by atoms with Gasteiger partial charge < -0.3 is 15.2 Å². The van der Waals surface area contributed by atoms with Gasteiger partial charge in [-0.05, 0) is 49.0 Å². The molecular weight excluding hydrogens is 377 g/mol. The summed E-state index contributed by atoms with van der Waals surface area (Å²) in [5, 5.41) is 9.85. The van der Waals surface area contributed by atoms with Crippen LogP contribution in [0.25, 0.3) is 11.4 Å². The molecule has 0 saturated heterocycles. The van der Waals surface area contributed by atoms with Crippen LogP contribution in [-0.4, -0.2) is 15.3 Å². The van der Waals surface area contributed by atoms with Gasteiger partial charge in [0.1, 0.15) is 0 Å². The van der Waals surface area contributed by atoms with E-state index in [1.807, 2.05) is 31.2 Å². The Bertz CT molecular complexity index is 938. The normalized spacial score (nSPS) is 11.3. The number of alkyl halides is 3. The van der Waals surface area contributed by atoms with E-state index in [0.29, 0.717) is 17.4 Å². The highest BCUT2D eigenvalue weighted by molar-refractivity contribution is 7.80. The summed E-state index contributed by atoms with van der Waals surface area (Å²) in [6, 6.07) is 12.2. The predicted octanol–water partition coefficient (Wildman–Crippen LogP) is 4.55. The van der Waals surface area contributed by atoms with E-state index in [4.69, 9.17) is 16.7 Å². The third kappa shape index (κ3) is 4.82. The van der Waals surface area contributed by atoms with Crippen LogP contribution in [0, 0.1) is 6.92 Å². The molecule has 9 heteroatoms. The second-order valence-corrected chi connectivity index (χ2v) is 6.12. The van der Waals surface area contributed by atoms with Gasteiger partial charge >= 0.3 is 6.18 Å². The minimum atomic E-state index is -4.37. The van der Waals surface area contributed by atoms with Crippen molar-refractivity contribution < 1.29 is 17.7 Å². The maximum atomic E-state index is 12.6. The van der Waals surface area contributed by atoms with Crippen LogP contribution in [0.5, 0.6) is 0 Å². The molecule has 3 rings (SSSR count). The number of rotatable bonds is 4. The number of nitrogens with one attached hydrogen (secondary N) is 2. The molecule has 140 valence electrons. The van der Waals surface area contributed by atoms with Gasteiger partial charge in [-0.15, -0.1) is 0 Å². The molecule has 0 spiro atoms. The van der Waals surface area contributed by atoms with Gasteiger partial charge in [-0.3, -0.25) is 0 Å². The quantitative estimate of drug-likeness (QED) is 0.635. The fraction of sp³-hybridized carbons (Fsp3) is 0.167. The Balaban J connectivity index is 1.56. The van der Waals surface area contributed by atoms with Crippen molar-refractivity contribution in [3.05, 3.63) is 65.5 Å². The van der Waals surface area contributed by atoms with Crippen LogP contribution in [0.4, 0.5) is 18.9 Å². The van der Waals surface area contributed by atoms with Crippen molar-refractivity contribution in [2.24, 2.45) is 0 Å². The highest BCUT2D eigenvalue weighted by atomic mass is 32.1. The van der Waals surface area contributed by atoms with Crippen LogP contribution in [0.1, 0.15) is 17.0 Å². The van der Waals surface area contributed by atoms with Gasteiger partial charge in [-0.25, -0.2) is 0 Å². The van der Waals surface area contributed by atoms with Crippen LogP contribution in [0.3, 0.4) is 0 Å². The van der Waals surface area contributed by atoms with Crippen LogP contribution in [-0.2, 0) is 12.7 Å². The molecule has 0 bridgehead atoms. The monoisotopic (exact) mass is 392 g/mol. The molecule has 5 nitrogen and oxygen atoms in total. The zero-order chi connectivity index (χ0) is 19.4. The Morgan fingerprint density at radius 3 is 2.48 bits per heavy atom. The maximum Gasteiger partial charge on any atom is 0.416 e. The summed E-state index contributed by atoms with van der Waals surface area (Å²) in [4.78, 5) is 4.31. The van der Waals surface area contributed by atoms with E-state index in [2.05, 4.69) is 20.8 Å². The molecule has 0 aliphatic heterocycles. The first-order valence-corrected chi connectivity index (χ1v) is 8.34. The molecule has 0 radical (unpaired) electrons. The average molecular weight is 392 g/mol. The summed E-state index contributed by atoms with van der Waals surface area (Å²) < 4.78 is 42.9. The molecule has 0 aliphatic carbocycles. The van der Waals surface area contributed by atoms with Crippen LogP contribution in [0.2, 0.25) is 0 Å². The Hall–Kier alpha value is -2.94. The predicted molar refractivity (Wildman–Crippen MR) is 99.0 cm³/mol. The third-order valence-corrected chi connectivity index (χ3v) is 3.97. The Morgan fingerprint density at radius 1 is 1.11 bits per heavy atom. The van der Waals surface area contributed by atoms with E-state index in [-0.39, 0.29) is 11.7 Å². The largest absolute Gasteiger partial charge is 0.416 e. The number of hydrogen-bond donors (Lipinski definition) is 2. The second-order valence-electron chi connectivity index (χ2n) is 5.71. The van der Waals surface area contributed by atoms with Gasteiger partial charge in [0.2, 0.25) is 11.7 Å². The third-order valence-electron chi connectivity index (χ3n) is 3.72. The summed E-state index contributed by atoms with van der Waals surface area (Å²) >= 11 is 5.13. The number of benzene rings is 2. The van der Waals surface area contributed by atoms with E-state index in [0.717, 1.165) is 23.3 Å². The van der Waals surface area contributed by atoms with Crippen molar-refractivity contribution in [3.8, 4) is 11.4 Å². The van der Waals surface area contributed by atoms with Crippen LogP contribution >= 0.6 is 12.2 Å². The minimum Gasteiger partial charge on any atom is -0.353 e. The average Bonchev–Trinajstić information content (AvgIpc) is 3.09. The van der Waals surface area contributed by atoms with Crippen molar-refractivity contribution in [3.63, 3.8) is 0 Å². The smallest absolute Gasteiger partial charge is 0.353 e. The molecule has 0 amide bonds. The van der Waals surface area contributed by atoms with E-state index in [1.165, 1.54) is 12.1 Å². The fourth-order valence-corrected chi connectivity index (χ4v) is 2.52. The fourth-order valence-electron chi connectivity index (χ4n) is 2.33. The molecule has 1 aromatic heterocycles. The molecule has 2 N–H and O–H groups in total. The standard InChI is InChI=1S/C18H15F3N4OS/c1-11-4-2-3-5-14(11)16-24-15(26-25-16)10-22-17(27)23-13-8-6-12(7-9-13)18(19,20)21/h2-9H,10H2,1H3,(H2,22,23,27). The first-order chi connectivity index (χ1) is 12.8. The lowest BCUT2D eigenvalue weighted by molar-refractivity contribution is -0.137. The van der Waals surface area contributed by atoms with Crippen molar-refractivity contribution in [1.82, 2.24) is 15.5 Å². The second kappa shape index (κ2) is 7.75. The van der Waals surface area contributed by atoms with Crippen LogP contribution < -0.4 is 10.6 Å². The summed E-state index contributed by atoms with van der Waals surface area (Å²) in [6.45, 7) is 2.14. The highest BCUT2D eigenvalue weighted by Crippen LogP contribution is 2.29. The number of anilines is 1. The highest BCUT2D eigenvalue weighted by Gasteiger charge is 2.29. The van der Waals surface area contributed by atoms with E-state index < -0.39 is 11.7 Å². The van der Waals surface area contributed by atoms with Crippen molar-refractivity contribution in [2.75, 3.05) is 5.32 Å². The molecule has 0 unspecified atom stereocenters. The van der Waals surface area contributed by atoms with Gasteiger partial charge in [0.25, 0.3) is 0 Å². The summed E-state index contributed by atoms with van der Waals surface area (Å²) in [5.74, 6) is 0.816. The first kappa shape index (κ1) is 18.8. The van der Waals surface area contributed by atoms with Gasteiger partial charge in [-0.1, -0.05) is 29.4 Å². The number of aryl methyl sites for hydroxylation is 1. The first-order valence-electron chi connectivity index (χ1n) is 7.93. The molecular formula is C18H15F3N4OS. The summed E-state index contributed by atoms with van der Waals surface area (Å²) in [5.41, 5.74) is 1.61. The maximum absolute atomic E-state index is 12.6. The molecule has 0 saturated carbocycles. The topological polar surface area (TPSA) is 63.0 Å². The van der Waals surface area contributed by atoms with Crippen LogP contribution in [0.15, 0.2) is 53.1 Å². The number of nitrogens with zero attached hydrogens (tertiary/aromatic N) is 2. The molecule has 0 fully saturated rings. The molecule has 0 atom stereocenters. The lowest BCUT2D eigenvalue weighted by atomic mass is 10.1. The van der Waals surface area contributed by atoms with E-state index in [1.54, 1.807) is 0 Å². The van der Waals surface area contributed by atoms with E-state index >= 15 is 0 Å². The molecule has 1 heterocycles. The van der Waals surface area contributed by atoms with Gasteiger partial charge in [0.05, 0.1) is 12.1 Å². The zero-order valence-corrected chi connectivity index (χ0v) is 15.0. The number of thiocarbonyl (C=S) groups is 1. The lowest BCUT2D eigenvalue weighted by Gasteiger charge is -2.10. The van der Waals surface area contributed by atoms with Gasteiger partial charge in [0, 0.05) is 11.3 Å². The van der Waals surface area contributed by atoms with Crippen molar-refractivity contribution >= 4 is 23.0 Å². The van der Waals surface area contributed by atoms with Gasteiger partial charge in [-0.2, -0.15) is 18.2 Å². The summed E-state index contributed by atoms with van der Waals surface area (Å²) in [6.07, 6.45) is -4.37. The number of halogens is 3. The lowest BCUT2D eigenvalue weighted by Crippen LogP contribution is -2.28. The SMILES string of the molecule is Cc1ccccc1-c1noc(CNC(=S)Nc2ccc(C(F)(F)F)cc2)n1. The van der Waals surface area contributed by atoms with Gasteiger partial charge in [0.15, 0.2) is 5.11 Å². The number of hydrogen-bond acceptors (Lipinski definition) is 4. The summed E-state index contributed by atoms with van der Waals surface area (Å²) in [7, 11) is 0. The zero-order valence-electron chi connectivity index (χ0n) is 14.2.